The Bertz CT molecular complexity index is 348. The van der Waals surface area contributed by atoms with Crippen molar-refractivity contribution in [2.45, 2.75) is 6.92 Å². The van der Waals surface area contributed by atoms with Crippen molar-refractivity contribution < 1.29 is 18.0 Å². The number of carbonyl (C=O) groups is 2. The van der Waals surface area contributed by atoms with Crippen molar-refractivity contribution in [1.82, 2.24) is 14.9 Å². The molecule has 3 amide bonds. The van der Waals surface area contributed by atoms with Crippen molar-refractivity contribution in [3.8, 4) is 0 Å². The van der Waals surface area contributed by atoms with Gasteiger partial charge in [0.05, 0.1) is 12.3 Å². The van der Waals surface area contributed by atoms with Gasteiger partial charge >= 0.3 is 6.03 Å². The summed E-state index contributed by atoms with van der Waals surface area (Å²) >= 11 is 0. The highest BCUT2D eigenvalue weighted by Crippen LogP contribution is 1.97. The summed E-state index contributed by atoms with van der Waals surface area (Å²) in [5.74, 6) is -0.358. The molecule has 0 atom stereocenters. The second kappa shape index (κ2) is 4.58. The standard InChI is InChI=1S/C7H13N3O4S/c1-2-15(13,14)9-3-4-10-6(11)5-8-7(10)12/h9H,2-5H2,1H3,(H,8,12). The van der Waals surface area contributed by atoms with Crippen LogP contribution in [0.5, 0.6) is 0 Å². The number of rotatable bonds is 5. The molecule has 1 aliphatic heterocycles. The summed E-state index contributed by atoms with van der Waals surface area (Å²) in [4.78, 5) is 23.1. The second-order valence-corrected chi connectivity index (χ2v) is 5.10. The fourth-order valence-electron chi connectivity index (χ4n) is 1.10. The number of amides is 3. The van der Waals surface area contributed by atoms with Crippen molar-refractivity contribution in [3.63, 3.8) is 0 Å². The first-order valence-corrected chi connectivity index (χ1v) is 6.17. The van der Waals surface area contributed by atoms with Crippen LogP contribution in [-0.4, -0.2) is 50.6 Å². The van der Waals surface area contributed by atoms with E-state index in [4.69, 9.17) is 0 Å². The molecule has 0 aromatic heterocycles. The molecule has 1 fully saturated rings. The van der Waals surface area contributed by atoms with E-state index in [0.29, 0.717) is 0 Å². The molecule has 0 aliphatic carbocycles. The minimum Gasteiger partial charge on any atom is -0.329 e. The van der Waals surface area contributed by atoms with Gasteiger partial charge in [-0.1, -0.05) is 0 Å². The van der Waals surface area contributed by atoms with Gasteiger partial charge in [-0.15, -0.1) is 0 Å². The Morgan fingerprint density at radius 1 is 1.47 bits per heavy atom. The van der Waals surface area contributed by atoms with Crippen LogP contribution in [0.3, 0.4) is 0 Å². The third-order valence-electron chi connectivity index (χ3n) is 1.97. The van der Waals surface area contributed by atoms with E-state index in [9.17, 15) is 18.0 Å². The van der Waals surface area contributed by atoms with Gasteiger partial charge in [-0.2, -0.15) is 0 Å². The molecule has 86 valence electrons. The van der Waals surface area contributed by atoms with Gasteiger partial charge in [0.15, 0.2) is 0 Å². The number of hydrogen-bond donors (Lipinski definition) is 2. The predicted molar refractivity (Wildman–Crippen MR) is 52.6 cm³/mol. The lowest BCUT2D eigenvalue weighted by molar-refractivity contribution is -0.124. The van der Waals surface area contributed by atoms with E-state index in [0.717, 1.165) is 4.90 Å². The van der Waals surface area contributed by atoms with E-state index in [1.165, 1.54) is 6.92 Å². The zero-order valence-electron chi connectivity index (χ0n) is 8.32. The van der Waals surface area contributed by atoms with Crippen LogP contribution in [0, 0.1) is 0 Å². The normalized spacial score (nSPS) is 17.0. The van der Waals surface area contributed by atoms with Gasteiger partial charge in [-0.25, -0.2) is 17.9 Å². The van der Waals surface area contributed by atoms with Crippen molar-refractivity contribution in [2.75, 3.05) is 25.4 Å². The quantitative estimate of drug-likeness (QED) is 0.565. The van der Waals surface area contributed by atoms with Crippen LogP contribution in [0.15, 0.2) is 0 Å². The average molecular weight is 235 g/mol. The summed E-state index contributed by atoms with van der Waals surface area (Å²) in [6, 6.07) is -0.476. The minimum absolute atomic E-state index is 0.0145. The van der Waals surface area contributed by atoms with Gasteiger partial charge in [0.2, 0.25) is 15.9 Å². The van der Waals surface area contributed by atoms with Gasteiger partial charge in [-0.3, -0.25) is 9.69 Å². The predicted octanol–water partition coefficient (Wildman–Crippen LogP) is -1.52. The third kappa shape index (κ3) is 3.17. The first-order valence-electron chi connectivity index (χ1n) is 4.52. The van der Waals surface area contributed by atoms with Crippen LogP contribution < -0.4 is 10.0 Å². The van der Waals surface area contributed by atoms with E-state index in [2.05, 4.69) is 10.0 Å². The zero-order chi connectivity index (χ0) is 11.5. The Morgan fingerprint density at radius 2 is 2.13 bits per heavy atom. The molecule has 7 nitrogen and oxygen atoms in total. The number of sulfonamides is 1. The smallest absolute Gasteiger partial charge is 0.324 e. The van der Waals surface area contributed by atoms with E-state index >= 15 is 0 Å². The molecule has 0 saturated carbocycles. The molecule has 0 bridgehead atoms. The molecule has 2 N–H and O–H groups in total. The molecule has 15 heavy (non-hydrogen) atoms. The molecular formula is C7H13N3O4S. The molecule has 8 heteroatoms. The van der Waals surface area contributed by atoms with E-state index in [1.807, 2.05) is 0 Å². The zero-order valence-corrected chi connectivity index (χ0v) is 9.13. The highest BCUT2D eigenvalue weighted by atomic mass is 32.2. The van der Waals surface area contributed by atoms with E-state index in [1.54, 1.807) is 0 Å². The second-order valence-electron chi connectivity index (χ2n) is 3.00. The van der Waals surface area contributed by atoms with Gasteiger partial charge in [0.1, 0.15) is 0 Å². The Balaban J connectivity index is 2.38. The number of urea groups is 1. The van der Waals surface area contributed by atoms with E-state index < -0.39 is 16.1 Å². The maximum absolute atomic E-state index is 11.1. The van der Waals surface area contributed by atoms with Crippen molar-refractivity contribution in [1.29, 1.82) is 0 Å². The summed E-state index contributed by atoms with van der Waals surface area (Å²) in [6.45, 7) is 1.61. The minimum atomic E-state index is -3.27. The number of nitrogens with one attached hydrogen (secondary N) is 2. The maximum atomic E-state index is 11.1. The first-order chi connectivity index (χ1) is 6.96. The number of carbonyl (C=O) groups excluding carboxylic acids is 2. The van der Waals surface area contributed by atoms with Crippen LogP contribution >= 0.6 is 0 Å². The summed E-state index contributed by atoms with van der Waals surface area (Å²) in [7, 11) is -3.27. The lowest BCUT2D eigenvalue weighted by Crippen LogP contribution is -2.39. The topological polar surface area (TPSA) is 95.6 Å². The molecule has 1 rings (SSSR count). The molecule has 0 aromatic rings. The Labute approximate surface area is 87.9 Å². The Morgan fingerprint density at radius 3 is 2.60 bits per heavy atom. The molecular weight excluding hydrogens is 222 g/mol. The SMILES string of the molecule is CCS(=O)(=O)NCCN1C(=O)CNC1=O. The average Bonchev–Trinajstić information content (AvgIpc) is 2.49. The largest absolute Gasteiger partial charge is 0.329 e. The molecule has 0 unspecified atom stereocenters. The lowest BCUT2D eigenvalue weighted by Gasteiger charge is -2.12. The molecule has 0 radical (unpaired) electrons. The number of hydrogen-bond acceptors (Lipinski definition) is 4. The van der Waals surface area contributed by atoms with Crippen molar-refractivity contribution >= 4 is 22.0 Å². The molecule has 1 heterocycles. The number of nitrogens with zero attached hydrogens (tertiary/aromatic N) is 1. The number of imide groups is 1. The fourth-order valence-corrected chi connectivity index (χ4v) is 1.70. The maximum Gasteiger partial charge on any atom is 0.324 e. The molecule has 0 spiro atoms. The summed E-state index contributed by atoms with van der Waals surface area (Å²) in [5, 5.41) is 2.34. The van der Waals surface area contributed by atoms with Crippen LogP contribution in [0.4, 0.5) is 4.79 Å². The van der Waals surface area contributed by atoms with Gasteiger partial charge in [-0.05, 0) is 6.92 Å². The highest BCUT2D eigenvalue weighted by molar-refractivity contribution is 7.89. The monoisotopic (exact) mass is 235 g/mol. The molecule has 1 aliphatic rings. The van der Waals surface area contributed by atoms with Gasteiger partial charge < -0.3 is 5.32 Å². The summed E-state index contributed by atoms with van der Waals surface area (Å²) in [6.07, 6.45) is 0. The van der Waals surface area contributed by atoms with Gasteiger partial charge in [0.25, 0.3) is 0 Å². The van der Waals surface area contributed by atoms with Crippen LogP contribution in [0.25, 0.3) is 0 Å². The fraction of sp³-hybridized carbons (Fsp3) is 0.714. The molecule has 1 saturated heterocycles. The van der Waals surface area contributed by atoms with Crippen LogP contribution in [0.1, 0.15) is 6.92 Å². The van der Waals surface area contributed by atoms with E-state index in [-0.39, 0.29) is 31.3 Å². The summed E-state index contributed by atoms with van der Waals surface area (Å²) < 4.78 is 24.3. The van der Waals surface area contributed by atoms with Crippen LogP contribution in [-0.2, 0) is 14.8 Å². The Hall–Kier alpha value is -1.15. The third-order valence-corrected chi connectivity index (χ3v) is 3.38. The Kier molecular flexibility index (Phi) is 3.64. The summed E-state index contributed by atoms with van der Waals surface area (Å²) in [5.41, 5.74) is 0. The highest BCUT2D eigenvalue weighted by Gasteiger charge is 2.27. The van der Waals surface area contributed by atoms with Crippen LogP contribution in [0.2, 0.25) is 0 Å². The van der Waals surface area contributed by atoms with Crippen molar-refractivity contribution in [3.05, 3.63) is 0 Å². The molecule has 0 aromatic carbocycles. The first kappa shape index (κ1) is 11.9. The lowest BCUT2D eigenvalue weighted by atomic mass is 10.5. The van der Waals surface area contributed by atoms with Crippen molar-refractivity contribution in [2.24, 2.45) is 0 Å². The van der Waals surface area contributed by atoms with Gasteiger partial charge in [0, 0.05) is 13.1 Å².